The first-order chi connectivity index (χ1) is 11.2. The molecule has 0 spiro atoms. The van der Waals surface area contributed by atoms with Gasteiger partial charge in [0.25, 0.3) is 0 Å². The molecule has 0 saturated carbocycles. The van der Waals surface area contributed by atoms with Gasteiger partial charge in [-0.1, -0.05) is 11.6 Å². The number of hydrogen-bond donors (Lipinski definition) is 1. The fourth-order valence-electron chi connectivity index (χ4n) is 2.42. The molecule has 0 aliphatic carbocycles. The SMILES string of the molecule is C/C(=N/NC(=O)[C@H]1CCS(=O)(=O)C1)c1cc(C)ccc1OC(F)F. The smallest absolute Gasteiger partial charge is 0.387 e. The molecule has 1 fully saturated rings. The van der Waals surface area contributed by atoms with Gasteiger partial charge in [0.15, 0.2) is 9.84 Å². The Balaban J connectivity index is 2.13. The van der Waals surface area contributed by atoms with Gasteiger partial charge in [0.05, 0.1) is 23.1 Å². The maximum Gasteiger partial charge on any atom is 0.387 e. The fraction of sp³-hybridized carbons (Fsp3) is 0.467. The van der Waals surface area contributed by atoms with Gasteiger partial charge in [0.1, 0.15) is 5.75 Å². The Morgan fingerprint density at radius 2 is 2.12 bits per heavy atom. The van der Waals surface area contributed by atoms with E-state index < -0.39 is 28.3 Å². The molecule has 2 rings (SSSR count). The molecule has 9 heteroatoms. The Bertz CT molecular complexity index is 763. The van der Waals surface area contributed by atoms with Crippen molar-refractivity contribution in [3.05, 3.63) is 29.3 Å². The number of sulfone groups is 1. The number of benzene rings is 1. The lowest BCUT2D eigenvalue weighted by Gasteiger charge is -2.12. The average molecular weight is 360 g/mol. The summed E-state index contributed by atoms with van der Waals surface area (Å²) in [6.07, 6.45) is 0.257. The van der Waals surface area contributed by atoms with Gasteiger partial charge in [0.2, 0.25) is 5.91 Å². The molecular weight excluding hydrogens is 342 g/mol. The van der Waals surface area contributed by atoms with Gasteiger partial charge < -0.3 is 4.74 Å². The van der Waals surface area contributed by atoms with Crippen molar-refractivity contribution in [3.8, 4) is 5.75 Å². The maximum atomic E-state index is 12.5. The lowest BCUT2D eigenvalue weighted by atomic mass is 10.1. The van der Waals surface area contributed by atoms with Crippen LogP contribution in [0.2, 0.25) is 0 Å². The predicted octanol–water partition coefficient (Wildman–Crippen LogP) is 1.87. The number of halogens is 2. The van der Waals surface area contributed by atoms with Crippen molar-refractivity contribution in [1.29, 1.82) is 0 Å². The van der Waals surface area contributed by atoms with E-state index in [1.807, 2.05) is 0 Å². The average Bonchev–Trinajstić information content (AvgIpc) is 2.86. The zero-order valence-corrected chi connectivity index (χ0v) is 14.1. The largest absolute Gasteiger partial charge is 0.434 e. The Hall–Kier alpha value is -2.03. The highest BCUT2D eigenvalue weighted by Crippen LogP contribution is 2.23. The highest BCUT2D eigenvalue weighted by Gasteiger charge is 2.32. The number of aryl methyl sites for hydroxylation is 1. The second-order valence-electron chi connectivity index (χ2n) is 5.65. The minimum Gasteiger partial charge on any atom is -0.434 e. The van der Waals surface area contributed by atoms with Crippen LogP contribution >= 0.6 is 0 Å². The summed E-state index contributed by atoms with van der Waals surface area (Å²) >= 11 is 0. The van der Waals surface area contributed by atoms with E-state index in [2.05, 4.69) is 15.3 Å². The number of carbonyl (C=O) groups is 1. The van der Waals surface area contributed by atoms with Crippen LogP contribution in [0.25, 0.3) is 0 Å². The molecule has 0 aromatic heterocycles. The zero-order valence-electron chi connectivity index (χ0n) is 13.3. The first-order valence-electron chi connectivity index (χ1n) is 7.28. The molecular formula is C15H18F2N2O4S. The zero-order chi connectivity index (χ0) is 17.9. The van der Waals surface area contributed by atoms with Crippen LogP contribution in [0.5, 0.6) is 5.75 Å². The van der Waals surface area contributed by atoms with Crippen molar-refractivity contribution in [2.75, 3.05) is 11.5 Å². The van der Waals surface area contributed by atoms with Crippen molar-refractivity contribution in [2.24, 2.45) is 11.0 Å². The summed E-state index contributed by atoms with van der Waals surface area (Å²) in [5.41, 5.74) is 3.73. The van der Waals surface area contributed by atoms with Crippen molar-refractivity contribution in [1.82, 2.24) is 5.43 Å². The number of nitrogens with one attached hydrogen (secondary N) is 1. The minimum absolute atomic E-state index is 0.0158. The summed E-state index contributed by atoms with van der Waals surface area (Å²) in [6, 6.07) is 4.64. The van der Waals surface area contributed by atoms with E-state index in [1.54, 1.807) is 26.0 Å². The monoisotopic (exact) mass is 360 g/mol. The lowest BCUT2D eigenvalue weighted by Crippen LogP contribution is -2.28. The van der Waals surface area contributed by atoms with Crippen molar-refractivity contribution in [2.45, 2.75) is 26.9 Å². The molecule has 132 valence electrons. The summed E-state index contributed by atoms with van der Waals surface area (Å²) in [5, 5.41) is 3.89. The molecule has 1 aromatic carbocycles. The summed E-state index contributed by atoms with van der Waals surface area (Å²) < 4.78 is 52.2. The number of hydrazone groups is 1. The van der Waals surface area contributed by atoms with E-state index in [4.69, 9.17) is 0 Å². The lowest BCUT2D eigenvalue weighted by molar-refractivity contribution is -0.124. The maximum absolute atomic E-state index is 12.5. The molecule has 1 amide bonds. The third-order valence-electron chi connectivity index (χ3n) is 3.68. The second kappa shape index (κ2) is 7.25. The standard InChI is InChI=1S/C15H18F2N2O4S/c1-9-3-4-13(23-15(16)17)12(7-9)10(2)18-19-14(20)11-5-6-24(21,22)8-11/h3-4,7,11,15H,5-6,8H2,1-2H3,(H,19,20)/b18-10-/t11-/m0/s1. The van der Waals surface area contributed by atoms with Crippen molar-refractivity contribution >= 4 is 21.5 Å². The van der Waals surface area contributed by atoms with Gasteiger partial charge in [-0.15, -0.1) is 0 Å². The van der Waals surface area contributed by atoms with Gasteiger partial charge in [-0.3, -0.25) is 4.79 Å². The second-order valence-corrected chi connectivity index (χ2v) is 7.88. The fourth-order valence-corrected chi connectivity index (χ4v) is 4.16. The molecule has 1 saturated heterocycles. The molecule has 1 aliphatic rings. The van der Waals surface area contributed by atoms with Crippen molar-refractivity contribution in [3.63, 3.8) is 0 Å². The minimum atomic E-state index is -3.17. The first kappa shape index (κ1) is 18.3. The normalized spacial score (nSPS) is 20.2. The van der Waals surface area contributed by atoms with E-state index in [9.17, 15) is 22.0 Å². The van der Waals surface area contributed by atoms with E-state index in [1.165, 1.54) is 6.07 Å². The quantitative estimate of drug-likeness (QED) is 0.642. The number of hydrogen-bond acceptors (Lipinski definition) is 5. The molecule has 6 nitrogen and oxygen atoms in total. The summed E-state index contributed by atoms with van der Waals surface area (Å²) in [5.74, 6) is -1.40. The van der Waals surface area contributed by atoms with Crippen LogP contribution in [0, 0.1) is 12.8 Å². The number of alkyl halides is 2. The summed E-state index contributed by atoms with van der Waals surface area (Å²) in [6.45, 7) is 0.349. The van der Waals surface area contributed by atoms with E-state index >= 15 is 0 Å². The number of ether oxygens (including phenoxy) is 1. The number of rotatable bonds is 5. The molecule has 1 aromatic rings. The third kappa shape index (κ3) is 4.73. The molecule has 1 heterocycles. The molecule has 1 atom stereocenters. The van der Waals surface area contributed by atoms with Crippen LogP contribution in [-0.2, 0) is 14.6 Å². The van der Waals surface area contributed by atoms with Crippen LogP contribution < -0.4 is 10.2 Å². The van der Waals surface area contributed by atoms with Crippen LogP contribution in [0.15, 0.2) is 23.3 Å². The van der Waals surface area contributed by atoms with E-state index in [-0.39, 0.29) is 29.4 Å². The summed E-state index contributed by atoms with van der Waals surface area (Å²) in [4.78, 5) is 12.0. The molecule has 1 aliphatic heterocycles. The molecule has 24 heavy (non-hydrogen) atoms. The highest BCUT2D eigenvalue weighted by atomic mass is 32.2. The number of nitrogens with zero attached hydrogens (tertiary/aromatic N) is 1. The number of amides is 1. The van der Waals surface area contributed by atoms with Crippen molar-refractivity contribution < 1.29 is 26.7 Å². The van der Waals surface area contributed by atoms with Crippen LogP contribution in [0.1, 0.15) is 24.5 Å². The summed E-state index contributed by atoms with van der Waals surface area (Å²) in [7, 11) is -3.17. The van der Waals surface area contributed by atoms with Crippen LogP contribution in [0.3, 0.4) is 0 Å². The van der Waals surface area contributed by atoms with E-state index in [0.29, 0.717) is 5.56 Å². The molecule has 0 bridgehead atoms. The Kier molecular flexibility index (Phi) is 5.53. The Labute approximate surface area is 138 Å². The van der Waals surface area contributed by atoms with Gasteiger partial charge in [0, 0.05) is 5.56 Å². The van der Waals surface area contributed by atoms with Gasteiger partial charge in [-0.2, -0.15) is 13.9 Å². The third-order valence-corrected chi connectivity index (χ3v) is 5.45. The first-order valence-corrected chi connectivity index (χ1v) is 9.10. The van der Waals surface area contributed by atoms with Gasteiger partial charge in [-0.05, 0) is 32.4 Å². The Morgan fingerprint density at radius 3 is 2.71 bits per heavy atom. The van der Waals surface area contributed by atoms with E-state index in [0.717, 1.165) is 5.56 Å². The van der Waals surface area contributed by atoms with Crippen LogP contribution in [0.4, 0.5) is 8.78 Å². The van der Waals surface area contributed by atoms with Gasteiger partial charge in [-0.25, -0.2) is 13.8 Å². The topological polar surface area (TPSA) is 84.8 Å². The number of carbonyl (C=O) groups excluding carboxylic acids is 1. The van der Waals surface area contributed by atoms with Gasteiger partial charge >= 0.3 is 6.61 Å². The molecule has 0 unspecified atom stereocenters. The highest BCUT2D eigenvalue weighted by molar-refractivity contribution is 7.91. The Morgan fingerprint density at radius 1 is 1.42 bits per heavy atom. The predicted molar refractivity (Wildman–Crippen MR) is 84.9 cm³/mol. The molecule has 1 N–H and O–H groups in total. The van der Waals surface area contributed by atoms with Crippen LogP contribution in [-0.4, -0.2) is 38.2 Å². The molecule has 0 radical (unpaired) electrons.